The van der Waals surface area contributed by atoms with Crippen LogP contribution in [0, 0.1) is 0 Å². The van der Waals surface area contributed by atoms with Crippen LogP contribution in [-0.2, 0) is 20.6 Å². The lowest BCUT2D eigenvalue weighted by Crippen LogP contribution is -2.39. The van der Waals surface area contributed by atoms with E-state index in [1.54, 1.807) is 21.0 Å². The largest absolute Gasteiger partial charge is 0.369 e. The molecule has 2 N–H and O–H groups in total. The van der Waals surface area contributed by atoms with Gasteiger partial charge in [0.2, 0.25) is 5.95 Å². The normalized spacial score (nSPS) is 11.2. The van der Waals surface area contributed by atoms with Crippen LogP contribution >= 0.6 is 0 Å². The van der Waals surface area contributed by atoms with Crippen molar-refractivity contribution in [3.63, 3.8) is 0 Å². The van der Waals surface area contributed by atoms with E-state index in [2.05, 4.69) is 4.98 Å². The summed E-state index contributed by atoms with van der Waals surface area (Å²) in [7, 11) is 3.22. The molecule has 0 saturated carbocycles. The van der Waals surface area contributed by atoms with Gasteiger partial charge in [-0.3, -0.25) is 13.9 Å². The first-order valence-corrected chi connectivity index (χ1v) is 4.90. The monoisotopic (exact) mass is 223 g/mol. The molecule has 0 fully saturated rings. The van der Waals surface area contributed by atoms with Crippen LogP contribution in [0.4, 0.5) is 5.95 Å². The van der Waals surface area contributed by atoms with Crippen molar-refractivity contribution in [3.8, 4) is 0 Å². The summed E-state index contributed by atoms with van der Waals surface area (Å²) in [5.41, 5.74) is 5.56. The van der Waals surface area contributed by atoms with Crippen LogP contribution in [-0.4, -0.2) is 18.7 Å². The Morgan fingerprint density at radius 1 is 1.25 bits per heavy atom. The average Bonchev–Trinajstić information content (AvgIpc) is 2.54. The molecule has 86 valence electrons. The van der Waals surface area contributed by atoms with E-state index < -0.39 is 0 Å². The summed E-state index contributed by atoms with van der Waals surface area (Å²) in [6, 6.07) is 0. The summed E-state index contributed by atoms with van der Waals surface area (Å²) in [6.45, 7) is 2.07. The number of aryl methyl sites for hydroxylation is 2. The molecule has 16 heavy (non-hydrogen) atoms. The first-order chi connectivity index (χ1) is 7.49. The van der Waals surface area contributed by atoms with E-state index in [-0.39, 0.29) is 17.2 Å². The van der Waals surface area contributed by atoms with E-state index in [4.69, 9.17) is 5.73 Å². The number of anilines is 1. The van der Waals surface area contributed by atoms with Gasteiger partial charge in [-0.2, -0.15) is 4.98 Å². The van der Waals surface area contributed by atoms with Gasteiger partial charge < -0.3 is 10.3 Å². The summed E-state index contributed by atoms with van der Waals surface area (Å²) in [6.07, 6.45) is 0. The van der Waals surface area contributed by atoms with E-state index in [1.807, 2.05) is 0 Å². The first kappa shape index (κ1) is 10.5. The SMILES string of the molecule is CCn1c(=O)c2c(nc(N)n2C)n(C)c1=O. The summed E-state index contributed by atoms with van der Waals surface area (Å²) >= 11 is 0. The van der Waals surface area contributed by atoms with Gasteiger partial charge in [-0.1, -0.05) is 0 Å². The Balaban J connectivity index is 3.15. The number of aromatic nitrogens is 4. The number of imidazole rings is 1. The molecule has 0 atom stereocenters. The zero-order valence-electron chi connectivity index (χ0n) is 9.39. The van der Waals surface area contributed by atoms with Crippen LogP contribution < -0.4 is 17.0 Å². The van der Waals surface area contributed by atoms with Crippen molar-refractivity contribution < 1.29 is 0 Å². The highest BCUT2D eigenvalue weighted by molar-refractivity contribution is 5.73. The lowest BCUT2D eigenvalue weighted by molar-refractivity contribution is 0.635. The van der Waals surface area contributed by atoms with Crippen molar-refractivity contribution in [2.24, 2.45) is 14.1 Å². The summed E-state index contributed by atoms with van der Waals surface area (Å²) in [5.74, 6) is 0.218. The molecule has 0 aliphatic rings. The number of nitrogens with two attached hydrogens (primary N) is 1. The van der Waals surface area contributed by atoms with Gasteiger partial charge in [0.05, 0.1) is 0 Å². The number of nitrogens with zero attached hydrogens (tertiary/aromatic N) is 4. The Kier molecular flexibility index (Phi) is 2.11. The molecule has 2 aromatic heterocycles. The standard InChI is InChI=1S/C9H13N5O2/c1-4-14-7(15)5-6(13(3)9(14)16)11-8(10)12(5)2/h4H2,1-3H3,(H2,10,11). The van der Waals surface area contributed by atoms with Gasteiger partial charge in [0.15, 0.2) is 11.2 Å². The third-order valence-corrected chi connectivity index (χ3v) is 2.71. The Morgan fingerprint density at radius 2 is 1.88 bits per heavy atom. The Hall–Kier alpha value is -2.05. The van der Waals surface area contributed by atoms with Crippen LogP contribution in [0.15, 0.2) is 9.59 Å². The van der Waals surface area contributed by atoms with Gasteiger partial charge in [0.25, 0.3) is 5.56 Å². The second-order valence-corrected chi connectivity index (χ2v) is 3.59. The molecule has 0 unspecified atom stereocenters. The van der Waals surface area contributed by atoms with E-state index >= 15 is 0 Å². The van der Waals surface area contributed by atoms with Gasteiger partial charge >= 0.3 is 5.69 Å². The quantitative estimate of drug-likeness (QED) is 0.674. The smallest absolute Gasteiger partial charge is 0.332 e. The predicted octanol–water partition coefficient (Wildman–Crippen LogP) is -0.964. The summed E-state index contributed by atoms with van der Waals surface area (Å²) < 4.78 is 3.98. The molecule has 0 spiro atoms. The molecular formula is C9H13N5O2. The number of hydrogen-bond acceptors (Lipinski definition) is 4. The maximum Gasteiger partial charge on any atom is 0.332 e. The maximum absolute atomic E-state index is 12.0. The summed E-state index contributed by atoms with van der Waals surface area (Å²) in [5, 5.41) is 0. The summed E-state index contributed by atoms with van der Waals surface area (Å²) in [4.78, 5) is 27.8. The van der Waals surface area contributed by atoms with Crippen LogP contribution in [0.1, 0.15) is 6.92 Å². The van der Waals surface area contributed by atoms with Gasteiger partial charge in [-0.15, -0.1) is 0 Å². The van der Waals surface area contributed by atoms with Crippen molar-refractivity contribution in [2.45, 2.75) is 13.5 Å². The lowest BCUT2D eigenvalue weighted by atomic mass is 10.5. The first-order valence-electron chi connectivity index (χ1n) is 4.90. The molecule has 7 heteroatoms. The number of nitrogen functional groups attached to an aromatic ring is 1. The van der Waals surface area contributed by atoms with Crippen LogP contribution in [0.25, 0.3) is 11.2 Å². The van der Waals surface area contributed by atoms with Crippen molar-refractivity contribution in [3.05, 3.63) is 20.8 Å². The molecule has 0 radical (unpaired) electrons. The van der Waals surface area contributed by atoms with Crippen molar-refractivity contribution in [1.29, 1.82) is 0 Å². The molecule has 2 rings (SSSR count). The molecule has 0 saturated heterocycles. The second-order valence-electron chi connectivity index (χ2n) is 3.59. The highest BCUT2D eigenvalue weighted by Gasteiger charge is 2.15. The maximum atomic E-state index is 12.0. The fourth-order valence-electron chi connectivity index (χ4n) is 1.74. The molecule has 0 bridgehead atoms. The minimum Gasteiger partial charge on any atom is -0.369 e. The Bertz CT molecular complexity index is 676. The molecule has 0 aliphatic carbocycles. The lowest BCUT2D eigenvalue weighted by Gasteiger charge is -2.05. The number of fused-ring (bicyclic) bond motifs is 1. The minimum absolute atomic E-state index is 0.218. The highest BCUT2D eigenvalue weighted by Crippen LogP contribution is 2.09. The highest BCUT2D eigenvalue weighted by atomic mass is 16.2. The number of rotatable bonds is 1. The minimum atomic E-state index is -0.377. The molecule has 0 amide bonds. The topological polar surface area (TPSA) is 87.8 Å². The van der Waals surface area contributed by atoms with E-state index in [1.165, 1.54) is 9.13 Å². The fraction of sp³-hybridized carbons (Fsp3) is 0.444. The van der Waals surface area contributed by atoms with Gasteiger partial charge in [0, 0.05) is 20.6 Å². The van der Waals surface area contributed by atoms with Crippen LogP contribution in [0.5, 0.6) is 0 Å². The third-order valence-electron chi connectivity index (χ3n) is 2.71. The zero-order valence-corrected chi connectivity index (χ0v) is 9.39. The van der Waals surface area contributed by atoms with E-state index in [0.717, 1.165) is 4.57 Å². The molecule has 0 aliphatic heterocycles. The fourth-order valence-corrected chi connectivity index (χ4v) is 1.74. The molecule has 7 nitrogen and oxygen atoms in total. The van der Waals surface area contributed by atoms with E-state index in [0.29, 0.717) is 17.7 Å². The van der Waals surface area contributed by atoms with Gasteiger partial charge in [-0.25, -0.2) is 4.79 Å². The molecule has 0 aromatic carbocycles. The van der Waals surface area contributed by atoms with Crippen LogP contribution in [0.2, 0.25) is 0 Å². The number of hydrogen-bond donors (Lipinski definition) is 1. The molecule has 2 aromatic rings. The second kappa shape index (κ2) is 3.22. The zero-order chi connectivity index (χ0) is 12.0. The Morgan fingerprint density at radius 3 is 2.44 bits per heavy atom. The van der Waals surface area contributed by atoms with E-state index in [9.17, 15) is 9.59 Å². The molecule has 2 heterocycles. The molecular weight excluding hydrogens is 210 g/mol. The Labute approximate surface area is 90.7 Å². The van der Waals surface area contributed by atoms with Gasteiger partial charge in [-0.05, 0) is 6.92 Å². The van der Waals surface area contributed by atoms with Gasteiger partial charge in [0.1, 0.15) is 0 Å². The average molecular weight is 223 g/mol. The van der Waals surface area contributed by atoms with Crippen LogP contribution in [0.3, 0.4) is 0 Å². The predicted molar refractivity (Wildman–Crippen MR) is 60.3 cm³/mol. The van der Waals surface area contributed by atoms with Crippen molar-refractivity contribution in [2.75, 3.05) is 5.73 Å². The third kappa shape index (κ3) is 1.11. The van der Waals surface area contributed by atoms with Crippen molar-refractivity contribution in [1.82, 2.24) is 18.7 Å². The van der Waals surface area contributed by atoms with Crippen molar-refractivity contribution >= 4 is 17.1 Å².